The predicted molar refractivity (Wildman–Crippen MR) is 134 cm³/mol. The summed E-state index contributed by atoms with van der Waals surface area (Å²) in [4.78, 5) is 0. The Morgan fingerprint density at radius 2 is 1.18 bits per heavy atom. The molecule has 176 valence electrons. The van der Waals surface area contributed by atoms with E-state index in [0.717, 1.165) is 28.1 Å². The number of nitrogens with zero attached hydrogens (tertiary/aromatic N) is 2. The Hall–Kier alpha value is -3.93. The highest BCUT2D eigenvalue weighted by atomic mass is 16.5. The molecule has 0 bridgehead atoms. The molecule has 0 radical (unpaired) electrons. The molecule has 0 N–H and O–H groups in total. The van der Waals surface area contributed by atoms with Gasteiger partial charge in [0.2, 0.25) is 0 Å². The molecular weight excluding hydrogens is 428 g/mol. The zero-order valence-electron chi connectivity index (χ0n) is 20.5. The minimum absolute atomic E-state index is 0.637. The van der Waals surface area contributed by atoms with E-state index in [9.17, 15) is 0 Å². The maximum atomic E-state index is 5.57. The van der Waals surface area contributed by atoms with Gasteiger partial charge in [0.15, 0.2) is 23.0 Å². The summed E-state index contributed by atoms with van der Waals surface area (Å²) in [7, 11) is 6.56. The Morgan fingerprint density at radius 3 is 1.74 bits per heavy atom. The van der Waals surface area contributed by atoms with Crippen molar-refractivity contribution in [1.82, 2.24) is 9.78 Å². The Kier molecular flexibility index (Phi) is 6.77. The van der Waals surface area contributed by atoms with Gasteiger partial charge in [0, 0.05) is 16.7 Å². The summed E-state index contributed by atoms with van der Waals surface area (Å²) in [6.07, 6.45) is 0. The van der Waals surface area contributed by atoms with E-state index in [1.54, 1.807) is 28.4 Å². The molecule has 0 aliphatic rings. The van der Waals surface area contributed by atoms with Crippen LogP contribution in [0.4, 0.5) is 0 Å². The van der Waals surface area contributed by atoms with Crippen LogP contribution in [0.15, 0.2) is 60.7 Å². The number of hydrogen-bond acceptors (Lipinski definition) is 5. The normalized spacial score (nSPS) is 10.8. The van der Waals surface area contributed by atoms with Crippen LogP contribution in [0, 0.1) is 13.8 Å². The molecule has 4 aromatic rings. The van der Waals surface area contributed by atoms with Crippen molar-refractivity contribution in [1.29, 1.82) is 0 Å². The quantitative estimate of drug-likeness (QED) is 0.328. The molecule has 6 heteroatoms. The number of benzene rings is 3. The fourth-order valence-corrected chi connectivity index (χ4v) is 4.14. The van der Waals surface area contributed by atoms with E-state index in [4.69, 9.17) is 24.0 Å². The van der Waals surface area contributed by atoms with Gasteiger partial charge in [-0.1, -0.05) is 29.8 Å². The zero-order chi connectivity index (χ0) is 24.2. The number of hydrogen-bond donors (Lipinski definition) is 0. The molecule has 4 rings (SSSR count). The van der Waals surface area contributed by atoms with Gasteiger partial charge in [0.1, 0.15) is 0 Å². The predicted octanol–water partition coefficient (Wildman–Crippen LogP) is 5.92. The van der Waals surface area contributed by atoms with Gasteiger partial charge in [0.05, 0.1) is 46.4 Å². The SMILES string of the molecule is COc1ccc(-c2nn(Cc3ccc(C)cc3)c(-c3ccc(OC)c(OC)c3)c2C)cc1OC. The number of ether oxygens (including phenoxy) is 4. The van der Waals surface area contributed by atoms with Crippen molar-refractivity contribution in [2.45, 2.75) is 20.4 Å². The molecule has 6 nitrogen and oxygen atoms in total. The van der Waals surface area contributed by atoms with Crippen molar-refractivity contribution in [3.8, 4) is 45.5 Å². The topological polar surface area (TPSA) is 54.7 Å². The fourth-order valence-electron chi connectivity index (χ4n) is 4.14. The second-order valence-corrected chi connectivity index (χ2v) is 8.10. The highest BCUT2D eigenvalue weighted by molar-refractivity contribution is 5.76. The van der Waals surface area contributed by atoms with Crippen LogP contribution in [-0.4, -0.2) is 38.2 Å². The summed E-state index contributed by atoms with van der Waals surface area (Å²) in [6.45, 7) is 4.82. The van der Waals surface area contributed by atoms with Crippen LogP contribution in [0.2, 0.25) is 0 Å². The monoisotopic (exact) mass is 458 g/mol. The number of methoxy groups -OCH3 is 4. The average molecular weight is 459 g/mol. The van der Waals surface area contributed by atoms with Crippen molar-refractivity contribution in [3.63, 3.8) is 0 Å². The molecule has 0 spiro atoms. The maximum absolute atomic E-state index is 5.57. The van der Waals surface area contributed by atoms with Crippen LogP contribution < -0.4 is 18.9 Å². The molecule has 1 heterocycles. The van der Waals surface area contributed by atoms with Gasteiger partial charge in [-0.25, -0.2) is 0 Å². The molecule has 0 amide bonds. The van der Waals surface area contributed by atoms with Crippen LogP contribution >= 0.6 is 0 Å². The summed E-state index contributed by atoms with van der Waals surface area (Å²) in [5, 5.41) is 5.05. The minimum Gasteiger partial charge on any atom is -0.493 e. The van der Waals surface area contributed by atoms with Gasteiger partial charge in [-0.2, -0.15) is 5.10 Å². The molecule has 0 aliphatic carbocycles. The van der Waals surface area contributed by atoms with Crippen LogP contribution in [0.3, 0.4) is 0 Å². The highest BCUT2D eigenvalue weighted by Crippen LogP contribution is 2.39. The minimum atomic E-state index is 0.637. The van der Waals surface area contributed by atoms with E-state index in [0.29, 0.717) is 29.5 Å². The molecule has 34 heavy (non-hydrogen) atoms. The summed E-state index contributed by atoms with van der Waals surface area (Å²) in [5.74, 6) is 2.71. The lowest BCUT2D eigenvalue weighted by Crippen LogP contribution is -2.04. The molecular formula is C28H30N2O4. The van der Waals surface area contributed by atoms with E-state index >= 15 is 0 Å². The van der Waals surface area contributed by atoms with Crippen LogP contribution in [0.1, 0.15) is 16.7 Å². The number of aromatic nitrogens is 2. The van der Waals surface area contributed by atoms with Crippen LogP contribution in [0.5, 0.6) is 23.0 Å². The van der Waals surface area contributed by atoms with E-state index in [1.165, 1.54) is 11.1 Å². The van der Waals surface area contributed by atoms with Gasteiger partial charge in [-0.3, -0.25) is 4.68 Å². The summed E-state index contributed by atoms with van der Waals surface area (Å²) < 4.78 is 24.0. The second kappa shape index (κ2) is 9.91. The Labute approximate surface area is 200 Å². The maximum Gasteiger partial charge on any atom is 0.161 e. The van der Waals surface area contributed by atoms with E-state index in [2.05, 4.69) is 38.1 Å². The summed E-state index contributed by atoms with van der Waals surface area (Å²) in [5.41, 5.74) is 7.33. The number of rotatable bonds is 8. The molecule has 3 aromatic carbocycles. The number of aryl methyl sites for hydroxylation is 1. The zero-order valence-corrected chi connectivity index (χ0v) is 20.5. The second-order valence-electron chi connectivity index (χ2n) is 8.10. The molecule has 0 saturated heterocycles. The lowest BCUT2D eigenvalue weighted by atomic mass is 10.0. The first-order chi connectivity index (χ1) is 16.5. The summed E-state index contributed by atoms with van der Waals surface area (Å²) >= 11 is 0. The lowest BCUT2D eigenvalue weighted by molar-refractivity contribution is 0.355. The smallest absolute Gasteiger partial charge is 0.161 e. The van der Waals surface area contributed by atoms with E-state index in [-0.39, 0.29) is 0 Å². The third-order valence-electron chi connectivity index (χ3n) is 5.96. The van der Waals surface area contributed by atoms with Gasteiger partial charge < -0.3 is 18.9 Å². The third kappa shape index (κ3) is 4.44. The average Bonchev–Trinajstić information content (AvgIpc) is 3.19. The van der Waals surface area contributed by atoms with Gasteiger partial charge in [-0.05, 0) is 55.8 Å². The largest absolute Gasteiger partial charge is 0.493 e. The Morgan fingerprint density at radius 1 is 0.647 bits per heavy atom. The lowest BCUT2D eigenvalue weighted by Gasteiger charge is -2.12. The van der Waals surface area contributed by atoms with Crippen molar-refractivity contribution in [2.24, 2.45) is 0 Å². The molecule has 0 fully saturated rings. The molecule has 0 saturated carbocycles. The first kappa shape index (κ1) is 23.2. The van der Waals surface area contributed by atoms with Crippen LogP contribution in [0.25, 0.3) is 22.5 Å². The van der Waals surface area contributed by atoms with Crippen molar-refractivity contribution < 1.29 is 18.9 Å². The van der Waals surface area contributed by atoms with E-state index in [1.807, 2.05) is 41.1 Å². The first-order valence-electron chi connectivity index (χ1n) is 11.1. The standard InChI is InChI=1S/C28H30N2O4/c1-18-7-9-20(10-8-18)17-30-28(22-12-14-24(32-4)26(16-22)34-6)19(2)27(29-30)21-11-13-23(31-3)25(15-21)33-5/h7-16H,17H2,1-6H3. The molecule has 0 unspecified atom stereocenters. The van der Waals surface area contributed by atoms with Crippen molar-refractivity contribution in [3.05, 3.63) is 77.4 Å². The molecule has 0 aliphatic heterocycles. The van der Waals surface area contributed by atoms with Crippen LogP contribution in [-0.2, 0) is 6.54 Å². The molecule has 0 atom stereocenters. The van der Waals surface area contributed by atoms with Crippen molar-refractivity contribution >= 4 is 0 Å². The van der Waals surface area contributed by atoms with Crippen molar-refractivity contribution in [2.75, 3.05) is 28.4 Å². The summed E-state index contributed by atoms with van der Waals surface area (Å²) in [6, 6.07) is 20.3. The highest BCUT2D eigenvalue weighted by Gasteiger charge is 2.20. The fraction of sp³-hybridized carbons (Fsp3) is 0.250. The third-order valence-corrected chi connectivity index (χ3v) is 5.96. The first-order valence-corrected chi connectivity index (χ1v) is 11.1. The van der Waals surface area contributed by atoms with Gasteiger partial charge >= 0.3 is 0 Å². The van der Waals surface area contributed by atoms with E-state index < -0.39 is 0 Å². The van der Waals surface area contributed by atoms with Gasteiger partial charge in [0.25, 0.3) is 0 Å². The Balaban J connectivity index is 1.88. The van der Waals surface area contributed by atoms with Gasteiger partial charge in [-0.15, -0.1) is 0 Å². The Bertz CT molecular complexity index is 1290. The molecule has 1 aromatic heterocycles.